The highest BCUT2D eigenvalue weighted by Gasteiger charge is 2.38. The van der Waals surface area contributed by atoms with E-state index in [0.717, 1.165) is 17.8 Å². The molecule has 1 aromatic rings. The van der Waals surface area contributed by atoms with Crippen LogP contribution >= 0.6 is 0 Å². The highest BCUT2D eigenvalue weighted by atomic mass is 16.5. The van der Waals surface area contributed by atoms with Crippen molar-refractivity contribution in [3.63, 3.8) is 0 Å². The Kier molecular flexibility index (Phi) is 3.88. The average Bonchev–Trinajstić information content (AvgIpc) is 3.16. The third-order valence-electron chi connectivity index (χ3n) is 4.24. The van der Waals surface area contributed by atoms with Gasteiger partial charge >= 0.3 is 0 Å². The zero-order valence-corrected chi connectivity index (χ0v) is 12.8. The first-order valence-corrected chi connectivity index (χ1v) is 7.91. The van der Waals surface area contributed by atoms with Gasteiger partial charge in [0.2, 0.25) is 0 Å². The molecule has 1 heterocycles. The van der Waals surface area contributed by atoms with Crippen molar-refractivity contribution in [3.8, 4) is 5.75 Å². The van der Waals surface area contributed by atoms with Gasteiger partial charge in [-0.15, -0.1) is 0 Å². The highest BCUT2D eigenvalue weighted by molar-refractivity contribution is 5.47. The number of rotatable bonds is 5. The second kappa shape index (κ2) is 5.65. The molecule has 1 saturated carbocycles. The predicted molar refractivity (Wildman–Crippen MR) is 83.4 cm³/mol. The van der Waals surface area contributed by atoms with Gasteiger partial charge in [0.05, 0.1) is 6.10 Å². The average molecular weight is 274 g/mol. The van der Waals surface area contributed by atoms with Gasteiger partial charge in [-0.25, -0.2) is 0 Å². The molecular formula is C17H26N2O. The van der Waals surface area contributed by atoms with Crippen molar-refractivity contribution >= 4 is 5.69 Å². The zero-order chi connectivity index (χ0) is 14.1. The van der Waals surface area contributed by atoms with Crippen molar-refractivity contribution in [2.75, 3.05) is 11.9 Å². The van der Waals surface area contributed by atoms with Gasteiger partial charge in [0.15, 0.2) is 0 Å². The number of ether oxygens (including phenoxy) is 1. The fourth-order valence-corrected chi connectivity index (χ4v) is 3.21. The van der Waals surface area contributed by atoms with Crippen LogP contribution in [0.1, 0.15) is 40.0 Å². The van der Waals surface area contributed by atoms with E-state index in [4.69, 9.17) is 4.74 Å². The number of anilines is 1. The van der Waals surface area contributed by atoms with E-state index in [9.17, 15) is 0 Å². The lowest BCUT2D eigenvalue weighted by atomic mass is 10.2. The number of hydrogen-bond acceptors (Lipinski definition) is 3. The maximum absolute atomic E-state index is 5.68. The third kappa shape index (κ3) is 3.26. The van der Waals surface area contributed by atoms with Crippen molar-refractivity contribution in [2.24, 2.45) is 0 Å². The molecule has 3 heteroatoms. The second-order valence-electron chi connectivity index (χ2n) is 6.54. The minimum atomic E-state index is 0.233. The monoisotopic (exact) mass is 274 g/mol. The Labute approximate surface area is 122 Å². The molecule has 0 amide bonds. The van der Waals surface area contributed by atoms with Crippen LogP contribution in [-0.4, -0.2) is 35.7 Å². The molecule has 2 atom stereocenters. The van der Waals surface area contributed by atoms with E-state index in [0.29, 0.717) is 6.04 Å². The van der Waals surface area contributed by atoms with Gasteiger partial charge in [0.1, 0.15) is 5.75 Å². The van der Waals surface area contributed by atoms with Crippen LogP contribution in [0.3, 0.4) is 0 Å². The lowest BCUT2D eigenvalue weighted by Gasteiger charge is -2.20. The molecular weight excluding hydrogens is 248 g/mol. The third-order valence-corrected chi connectivity index (χ3v) is 4.24. The van der Waals surface area contributed by atoms with Crippen molar-refractivity contribution in [1.82, 2.24) is 4.90 Å². The molecule has 20 heavy (non-hydrogen) atoms. The summed E-state index contributed by atoms with van der Waals surface area (Å²) >= 11 is 0. The molecule has 1 aliphatic carbocycles. The topological polar surface area (TPSA) is 24.5 Å². The Morgan fingerprint density at radius 1 is 1.20 bits per heavy atom. The normalized spacial score (nSPS) is 27.0. The van der Waals surface area contributed by atoms with E-state index in [1.807, 2.05) is 0 Å². The second-order valence-corrected chi connectivity index (χ2v) is 6.54. The number of nitrogens with one attached hydrogen (secondary N) is 1. The van der Waals surface area contributed by atoms with Gasteiger partial charge in [-0.1, -0.05) is 0 Å². The van der Waals surface area contributed by atoms with Crippen LogP contribution in [0.5, 0.6) is 5.75 Å². The molecule has 0 spiro atoms. The lowest BCUT2D eigenvalue weighted by Crippen LogP contribution is -2.30. The van der Waals surface area contributed by atoms with Crippen LogP contribution in [0.25, 0.3) is 0 Å². The first kappa shape index (κ1) is 13.7. The van der Waals surface area contributed by atoms with Gasteiger partial charge in [-0.05, 0) is 64.3 Å². The van der Waals surface area contributed by atoms with Crippen molar-refractivity contribution < 1.29 is 4.74 Å². The molecule has 1 aliphatic heterocycles. The smallest absolute Gasteiger partial charge is 0.119 e. The van der Waals surface area contributed by atoms with E-state index in [2.05, 4.69) is 55.3 Å². The van der Waals surface area contributed by atoms with E-state index >= 15 is 0 Å². The standard InChI is InChI=1S/C17H26N2O/c1-12(2)20-17-8-4-14(5-9-17)18-15-10-13(3)19(11-15)16-6-7-16/h4-5,8-9,12-13,15-16,18H,6-7,10-11H2,1-3H3. The Morgan fingerprint density at radius 3 is 2.50 bits per heavy atom. The van der Waals surface area contributed by atoms with E-state index < -0.39 is 0 Å². The molecule has 2 fully saturated rings. The summed E-state index contributed by atoms with van der Waals surface area (Å²) in [5, 5.41) is 3.67. The summed E-state index contributed by atoms with van der Waals surface area (Å²) < 4.78 is 5.68. The number of nitrogens with zero attached hydrogens (tertiary/aromatic N) is 1. The number of hydrogen-bond donors (Lipinski definition) is 1. The molecule has 0 bridgehead atoms. The van der Waals surface area contributed by atoms with Crippen LogP contribution < -0.4 is 10.1 Å². The quantitative estimate of drug-likeness (QED) is 0.889. The molecule has 2 unspecified atom stereocenters. The largest absolute Gasteiger partial charge is 0.491 e. The lowest BCUT2D eigenvalue weighted by molar-refractivity contribution is 0.242. The molecule has 110 valence electrons. The summed E-state index contributed by atoms with van der Waals surface area (Å²) in [5.74, 6) is 0.949. The summed E-state index contributed by atoms with van der Waals surface area (Å²) in [4.78, 5) is 2.67. The summed E-state index contributed by atoms with van der Waals surface area (Å²) in [5.41, 5.74) is 1.20. The molecule has 1 aromatic carbocycles. The van der Waals surface area contributed by atoms with Crippen LogP contribution in [0.2, 0.25) is 0 Å². The molecule has 1 N–H and O–H groups in total. The minimum absolute atomic E-state index is 0.233. The molecule has 0 radical (unpaired) electrons. The molecule has 2 aliphatic rings. The Bertz CT molecular complexity index is 439. The fourth-order valence-electron chi connectivity index (χ4n) is 3.21. The van der Waals surface area contributed by atoms with Gasteiger partial charge in [-0.3, -0.25) is 4.90 Å². The molecule has 1 saturated heterocycles. The molecule has 3 rings (SSSR count). The molecule has 0 aromatic heterocycles. The van der Waals surface area contributed by atoms with E-state index in [1.165, 1.54) is 31.5 Å². The van der Waals surface area contributed by atoms with E-state index in [1.54, 1.807) is 0 Å². The van der Waals surface area contributed by atoms with Gasteiger partial charge in [-0.2, -0.15) is 0 Å². The number of benzene rings is 1. The van der Waals surface area contributed by atoms with Gasteiger partial charge in [0, 0.05) is 30.4 Å². The van der Waals surface area contributed by atoms with Crippen LogP contribution in [0.4, 0.5) is 5.69 Å². The van der Waals surface area contributed by atoms with E-state index in [-0.39, 0.29) is 6.10 Å². The highest BCUT2D eigenvalue weighted by Crippen LogP contribution is 2.34. The number of likely N-dealkylation sites (tertiary alicyclic amines) is 1. The van der Waals surface area contributed by atoms with Crippen molar-refractivity contribution in [1.29, 1.82) is 0 Å². The maximum Gasteiger partial charge on any atom is 0.119 e. The SMILES string of the molecule is CC(C)Oc1ccc(NC2CC(C)N(C3CC3)C2)cc1. The fraction of sp³-hybridized carbons (Fsp3) is 0.647. The summed E-state index contributed by atoms with van der Waals surface area (Å²) in [6.07, 6.45) is 4.29. The van der Waals surface area contributed by atoms with Crippen LogP contribution in [-0.2, 0) is 0 Å². The Morgan fingerprint density at radius 2 is 1.90 bits per heavy atom. The van der Waals surface area contributed by atoms with Gasteiger partial charge < -0.3 is 10.1 Å². The maximum atomic E-state index is 5.68. The van der Waals surface area contributed by atoms with Crippen LogP contribution in [0.15, 0.2) is 24.3 Å². The summed E-state index contributed by atoms with van der Waals surface area (Å²) in [6.45, 7) is 7.66. The van der Waals surface area contributed by atoms with Crippen molar-refractivity contribution in [2.45, 2.75) is 64.3 Å². The first-order chi connectivity index (χ1) is 9.61. The summed E-state index contributed by atoms with van der Waals surface area (Å²) in [6, 6.07) is 10.5. The first-order valence-electron chi connectivity index (χ1n) is 7.91. The molecule has 3 nitrogen and oxygen atoms in total. The Balaban J connectivity index is 1.55. The van der Waals surface area contributed by atoms with Crippen LogP contribution in [0, 0.1) is 0 Å². The summed E-state index contributed by atoms with van der Waals surface area (Å²) in [7, 11) is 0. The predicted octanol–water partition coefficient (Wildman–Crippen LogP) is 3.51. The zero-order valence-electron chi connectivity index (χ0n) is 12.8. The van der Waals surface area contributed by atoms with Crippen molar-refractivity contribution in [3.05, 3.63) is 24.3 Å². The minimum Gasteiger partial charge on any atom is -0.491 e. The van der Waals surface area contributed by atoms with Gasteiger partial charge in [0.25, 0.3) is 0 Å². The Hall–Kier alpha value is -1.22.